The van der Waals surface area contributed by atoms with E-state index >= 15 is 0 Å². The van der Waals surface area contributed by atoms with E-state index in [1.54, 1.807) is 87.5 Å². The minimum atomic E-state index is -0.895. The maximum Gasteiger partial charge on any atom is 0.397 e. The highest BCUT2D eigenvalue weighted by atomic mass is 19.1. The number of oxime groups is 1. The number of halogens is 3. The summed E-state index contributed by atoms with van der Waals surface area (Å²) in [7, 11) is 2.56. The Kier molecular flexibility index (Phi) is 21.1. The van der Waals surface area contributed by atoms with Gasteiger partial charge < -0.3 is 74.4 Å². The molecule has 8 heterocycles. The average molecular weight is 1450 g/mol. The smallest absolute Gasteiger partial charge is 0.397 e. The highest BCUT2D eigenvalue weighted by molar-refractivity contribution is 6.46. The van der Waals surface area contributed by atoms with Crippen LogP contribution in [-0.2, 0) is 19.1 Å². The quantitative estimate of drug-likeness (QED) is 0.0143. The Labute approximate surface area is 596 Å². The van der Waals surface area contributed by atoms with Crippen molar-refractivity contribution in [2.45, 2.75) is 0 Å². The number of piperazine rings is 3. The third-order valence-electron chi connectivity index (χ3n) is 17.8. The van der Waals surface area contributed by atoms with Crippen molar-refractivity contribution in [3.05, 3.63) is 214 Å². The number of nitrogens with zero attached hydrogens (tertiary/aromatic N) is 11. The predicted molar refractivity (Wildman–Crippen MR) is 368 cm³/mol. The molecule has 3 aliphatic heterocycles. The number of carbonyl (C=O) groups is 11. The van der Waals surface area contributed by atoms with E-state index in [0.717, 1.165) is 25.3 Å². The molecule has 0 unspecified atom stereocenters. The molecule has 0 radical (unpaired) electrons. The maximum atomic E-state index is 14.9. The molecule has 0 saturated carbocycles. The van der Waals surface area contributed by atoms with E-state index in [4.69, 9.17) is 20.0 Å². The number of nitrogens with one attached hydrogen (secondary N) is 4. The summed E-state index contributed by atoms with van der Waals surface area (Å²) in [5.74, 6) is -10.0. The number of hydrogen-bond acceptors (Lipinski definition) is 20. The standard InChI is InChI=1S/C25H21FN6O5.C25H20FN5O6.C22H20FN5O4/c1-27-22(34)23-29-21(30-37-23)15-7-8-17(26)18-16(13-28-19(15)18)20(33)25(36)32-11-9-31(10-12-32)24(35)14-5-3-2-4-6-14;1-36-25(35)22-28-21(29-37-22)15-7-8-17(26)18-16(13-27-19(15)18)20(32)24(34)31-11-9-30(10-12-31)23(33)14-5-3-2-4-6-14;23-16-7-6-14(20(24)26-32)18-17(16)15(12-25-18)19(29)22(31)28-10-8-27(9-11-28)21(30)13-4-2-1-3-5-13/h2-8,13,28H,9-12H2,1H3,(H,27,34);2-8,13,27H,9-12H2,1H3;1-7,12,25,32H,8-11H2,(H2,24,26). The van der Waals surface area contributed by atoms with Gasteiger partial charge in [-0.15, -0.1) is 0 Å². The summed E-state index contributed by atoms with van der Waals surface area (Å²) in [4.78, 5) is 164. The van der Waals surface area contributed by atoms with Crippen LogP contribution in [-0.4, -0.2) is 233 Å². The van der Waals surface area contributed by atoms with Crippen LogP contribution in [0.15, 0.2) is 160 Å². The average Bonchev–Trinajstić information content (AvgIpc) is 1.62. The summed E-state index contributed by atoms with van der Waals surface area (Å²) in [6.07, 6.45) is 3.73. The molecule has 6 aromatic carbocycles. The first-order chi connectivity index (χ1) is 51.2. The molecule has 0 aliphatic carbocycles. The van der Waals surface area contributed by atoms with Gasteiger partial charge in [0.1, 0.15) is 17.5 Å². The van der Waals surface area contributed by atoms with Crippen molar-refractivity contribution >= 4 is 103 Å². The molecule has 540 valence electrons. The molecule has 0 spiro atoms. The fourth-order valence-electron chi connectivity index (χ4n) is 12.2. The molecule has 34 heteroatoms. The van der Waals surface area contributed by atoms with Crippen molar-refractivity contribution in [3.63, 3.8) is 0 Å². The van der Waals surface area contributed by atoms with Gasteiger partial charge in [0.2, 0.25) is 11.6 Å². The summed E-state index contributed by atoms with van der Waals surface area (Å²) in [6, 6.07) is 33.8. The molecule has 3 aliphatic rings. The fourth-order valence-corrected chi connectivity index (χ4v) is 12.2. The Balaban J connectivity index is 0.000000150. The Morgan fingerprint density at radius 3 is 1.12 bits per heavy atom. The second-order valence-corrected chi connectivity index (χ2v) is 23.9. The van der Waals surface area contributed by atoms with Gasteiger partial charge in [-0.25, -0.2) is 18.0 Å². The Bertz CT molecular complexity index is 5070. The number of ether oxygens (including phenoxy) is 1. The normalized spacial score (nSPS) is 13.9. The van der Waals surface area contributed by atoms with Crippen LogP contribution in [0.1, 0.15) is 89.1 Å². The molecule has 31 nitrogen and oxygen atoms in total. The van der Waals surface area contributed by atoms with Gasteiger partial charge in [0.05, 0.1) is 40.4 Å². The van der Waals surface area contributed by atoms with Gasteiger partial charge in [-0.2, -0.15) is 9.97 Å². The summed E-state index contributed by atoms with van der Waals surface area (Å²) < 4.78 is 58.6. The topological polar surface area (TPSA) is 412 Å². The minimum Gasteiger partial charge on any atom is -0.462 e. The van der Waals surface area contributed by atoms with Gasteiger partial charge in [-0.1, -0.05) is 70.1 Å². The van der Waals surface area contributed by atoms with Crippen molar-refractivity contribution < 1.29 is 84.9 Å². The van der Waals surface area contributed by atoms with E-state index in [-0.39, 0.29) is 186 Å². The van der Waals surface area contributed by atoms with Gasteiger partial charge in [0, 0.05) is 154 Å². The number of amidine groups is 1. The zero-order valence-corrected chi connectivity index (χ0v) is 56.1. The summed E-state index contributed by atoms with van der Waals surface area (Å²) in [6.45, 7) is 2.66. The molecule has 14 rings (SSSR count). The predicted octanol–water partition coefficient (Wildman–Crippen LogP) is 5.76. The number of ketones is 3. The number of aromatic amines is 3. The number of esters is 1. The van der Waals surface area contributed by atoms with Gasteiger partial charge in [-0.3, -0.25) is 47.9 Å². The van der Waals surface area contributed by atoms with Crippen LogP contribution in [0.5, 0.6) is 0 Å². The number of aromatic nitrogens is 7. The molecule has 7 N–H and O–H groups in total. The van der Waals surface area contributed by atoms with E-state index < -0.39 is 70.3 Å². The van der Waals surface area contributed by atoms with Gasteiger partial charge in [0.25, 0.3) is 52.8 Å². The second-order valence-electron chi connectivity index (χ2n) is 23.9. The second kappa shape index (κ2) is 31.1. The third-order valence-corrected chi connectivity index (χ3v) is 17.8. The molecule has 0 bridgehead atoms. The van der Waals surface area contributed by atoms with E-state index in [1.165, 1.54) is 58.5 Å². The van der Waals surface area contributed by atoms with Crippen LogP contribution in [0.2, 0.25) is 0 Å². The maximum absolute atomic E-state index is 14.9. The number of rotatable bonds is 14. The largest absolute Gasteiger partial charge is 0.462 e. The number of hydrogen-bond donors (Lipinski definition) is 6. The third kappa shape index (κ3) is 14.5. The zero-order chi connectivity index (χ0) is 75.0. The van der Waals surface area contributed by atoms with E-state index in [9.17, 15) is 65.9 Å². The Morgan fingerprint density at radius 1 is 0.453 bits per heavy atom. The van der Waals surface area contributed by atoms with Crippen molar-refractivity contribution in [2.24, 2.45) is 10.9 Å². The lowest BCUT2D eigenvalue weighted by Crippen LogP contribution is -2.52. The van der Waals surface area contributed by atoms with Gasteiger partial charge in [-0.05, 0) is 72.8 Å². The van der Waals surface area contributed by atoms with Gasteiger partial charge in [0.15, 0.2) is 5.84 Å². The van der Waals surface area contributed by atoms with Crippen LogP contribution < -0.4 is 11.1 Å². The molecule has 0 atom stereocenters. The summed E-state index contributed by atoms with van der Waals surface area (Å²) >= 11 is 0. The first-order valence-electron chi connectivity index (χ1n) is 32.6. The SMILES string of the molecule is CNC(=O)c1nc(-c2ccc(F)c3c(C(=O)C(=O)N4CCN(C(=O)c5ccccc5)CC4)c[nH]c23)no1.COC(=O)c1nc(-c2ccc(F)c3c(C(=O)C(=O)N4CCN(C(=O)c5ccccc5)CC4)c[nH]c23)no1.N/C(=N\O)c1ccc(F)c2c(C(=O)C(=O)N3CCN(C(=O)c4ccccc4)CC3)c[nH]c12. The zero-order valence-electron chi connectivity index (χ0n) is 56.1. The van der Waals surface area contributed by atoms with E-state index in [2.05, 4.69) is 50.4 Å². The van der Waals surface area contributed by atoms with E-state index in [1.807, 2.05) is 18.2 Å². The van der Waals surface area contributed by atoms with Crippen molar-refractivity contribution in [2.75, 3.05) is 92.7 Å². The van der Waals surface area contributed by atoms with Crippen LogP contribution >= 0.6 is 0 Å². The minimum absolute atomic E-state index is 0.00924. The number of carbonyl (C=O) groups excluding carboxylic acids is 11. The fraction of sp³-hybridized carbons (Fsp3) is 0.194. The number of nitrogens with two attached hydrogens (primary N) is 1. The van der Waals surface area contributed by atoms with E-state index in [0.29, 0.717) is 16.7 Å². The first kappa shape index (κ1) is 71.9. The number of methoxy groups -OCH3 is 1. The monoisotopic (exact) mass is 1450 g/mol. The number of H-pyrrole nitrogens is 3. The molecular formula is C72H61F3N16O15. The number of fused-ring (bicyclic) bond motifs is 3. The molecule has 11 aromatic rings. The van der Waals surface area contributed by atoms with Crippen LogP contribution in [0.25, 0.3) is 55.5 Å². The molecule has 3 saturated heterocycles. The molecule has 5 aromatic heterocycles. The van der Waals surface area contributed by atoms with Crippen molar-refractivity contribution in [3.8, 4) is 22.8 Å². The van der Waals surface area contributed by atoms with Crippen molar-refractivity contribution in [1.82, 2.24) is 69.9 Å². The van der Waals surface area contributed by atoms with Crippen LogP contribution in [0.3, 0.4) is 0 Å². The highest BCUT2D eigenvalue weighted by Gasteiger charge is 2.36. The van der Waals surface area contributed by atoms with Crippen LogP contribution in [0, 0.1) is 17.5 Å². The number of amides is 7. The number of benzene rings is 6. The molecule has 7 amide bonds. The lowest BCUT2D eigenvalue weighted by Gasteiger charge is -2.34. The highest BCUT2D eigenvalue weighted by Crippen LogP contribution is 2.34. The first-order valence-corrected chi connectivity index (χ1v) is 32.6. The summed E-state index contributed by atoms with van der Waals surface area (Å²) in [5.41, 5.74) is 8.06. The number of Topliss-reactive ketones (excluding diaryl/α,β-unsaturated/α-hetero) is 3. The summed E-state index contributed by atoms with van der Waals surface area (Å²) in [5, 5.41) is 21.4. The lowest BCUT2D eigenvalue weighted by molar-refractivity contribution is -0.128. The van der Waals surface area contributed by atoms with Crippen molar-refractivity contribution in [1.29, 1.82) is 0 Å². The molecular weight excluding hydrogens is 1390 g/mol. The Hall–Kier alpha value is -14.0. The lowest BCUT2D eigenvalue weighted by atomic mass is 10.0. The van der Waals surface area contributed by atoms with Gasteiger partial charge >= 0.3 is 23.7 Å². The molecule has 3 fully saturated rings. The Morgan fingerprint density at radius 2 is 0.774 bits per heavy atom. The molecule has 106 heavy (non-hydrogen) atoms. The van der Waals surface area contributed by atoms with Crippen LogP contribution in [0.4, 0.5) is 13.2 Å².